The molecule has 0 unspecified atom stereocenters. The van der Waals surface area contributed by atoms with Crippen LogP contribution < -0.4 is 10.1 Å². The molecule has 2 aromatic carbocycles. The number of rotatable bonds is 9. The van der Waals surface area contributed by atoms with Gasteiger partial charge in [-0.3, -0.25) is 14.9 Å². The smallest absolute Gasteiger partial charge is 0.290 e. The van der Waals surface area contributed by atoms with E-state index in [4.69, 9.17) is 21.4 Å². The van der Waals surface area contributed by atoms with Crippen LogP contribution in [0.4, 0.5) is 4.79 Å². The summed E-state index contributed by atoms with van der Waals surface area (Å²) >= 11 is 6.90. The minimum Gasteiger partial charge on any atom is -0.494 e. The van der Waals surface area contributed by atoms with Gasteiger partial charge in [0.25, 0.3) is 11.1 Å². The number of hydrogen-bond donors (Lipinski definition) is 1. The fourth-order valence-electron chi connectivity index (χ4n) is 3.43. The Bertz CT molecular complexity index is 1170. The molecular formula is C25H24ClN3O3S. The van der Waals surface area contributed by atoms with Gasteiger partial charge in [-0.05, 0) is 72.8 Å². The highest BCUT2D eigenvalue weighted by molar-refractivity contribution is 8.18. The van der Waals surface area contributed by atoms with E-state index in [1.807, 2.05) is 42.6 Å². The lowest BCUT2D eigenvalue weighted by Gasteiger charge is -2.07. The summed E-state index contributed by atoms with van der Waals surface area (Å²) in [5.41, 5.74) is 3.13. The third-order valence-electron chi connectivity index (χ3n) is 5.16. The second-order valence-electron chi connectivity index (χ2n) is 7.64. The van der Waals surface area contributed by atoms with E-state index in [0.717, 1.165) is 40.7 Å². The highest BCUT2D eigenvalue weighted by Gasteiger charge is 2.26. The third kappa shape index (κ3) is 5.86. The predicted octanol–water partition coefficient (Wildman–Crippen LogP) is 6.48. The van der Waals surface area contributed by atoms with E-state index < -0.39 is 5.91 Å². The van der Waals surface area contributed by atoms with Crippen molar-refractivity contribution >= 4 is 40.6 Å². The molecule has 1 N–H and O–H groups in total. The molecule has 8 heteroatoms. The number of carbonyl (C=O) groups is 2. The van der Waals surface area contributed by atoms with Crippen molar-refractivity contribution in [3.8, 4) is 22.7 Å². The molecule has 6 nitrogen and oxygen atoms in total. The van der Waals surface area contributed by atoms with Crippen molar-refractivity contribution < 1.29 is 14.3 Å². The topological polar surface area (TPSA) is 73.2 Å². The summed E-state index contributed by atoms with van der Waals surface area (Å²) in [5.74, 6) is 0.408. The lowest BCUT2D eigenvalue weighted by molar-refractivity contribution is -0.115. The SMILES string of the molecule is CCCCCCOc1ccc(-c2nn(-c3ccc(Cl)cc3)cc2/C=C2\SC(=O)NC2=O)cc1. The van der Waals surface area contributed by atoms with Crippen molar-refractivity contribution in [3.63, 3.8) is 0 Å². The van der Waals surface area contributed by atoms with Crippen LogP contribution in [0.1, 0.15) is 38.2 Å². The van der Waals surface area contributed by atoms with Crippen LogP contribution in [-0.4, -0.2) is 27.5 Å². The van der Waals surface area contributed by atoms with Crippen LogP contribution in [0.25, 0.3) is 23.0 Å². The highest BCUT2D eigenvalue weighted by atomic mass is 35.5. The molecule has 0 bridgehead atoms. The van der Waals surface area contributed by atoms with E-state index in [1.54, 1.807) is 22.9 Å². The highest BCUT2D eigenvalue weighted by Crippen LogP contribution is 2.31. The van der Waals surface area contributed by atoms with Crippen LogP contribution in [0, 0.1) is 0 Å². The first kappa shape index (κ1) is 23.1. The molecule has 1 aromatic heterocycles. The maximum Gasteiger partial charge on any atom is 0.290 e. The molecule has 0 saturated carbocycles. The fraction of sp³-hybridized carbons (Fsp3) is 0.240. The number of aromatic nitrogens is 2. The number of nitrogens with one attached hydrogen (secondary N) is 1. The summed E-state index contributed by atoms with van der Waals surface area (Å²) in [7, 11) is 0. The molecule has 1 aliphatic rings. The van der Waals surface area contributed by atoms with Crippen molar-refractivity contribution in [2.24, 2.45) is 0 Å². The van der Waals surface area contributed by atoms with Gasteiger partial charge in [-0.1, -0.05) is 37.8 Å². The van der Waals surface area contributed by atoms with Gasteiger partial charge in [-0.15, -0.1) is 0 Å². The lowest BCUT2D eigenvalue weighted by atomic mass is 10.1. The molecule has 170 valence electrons. The standard InChI is InChI=1S/C25H24ClN3O3S/c1-2-3-4-5-14-32-21-12-6-17(7-13-21)23-18(15-22-24(30)27-25(31)33-22)16-29(28-23)20-10-8-19(26)9-11-20/h6-13,15-16H,2-5,14H2,1H3,(H,27,30,31)/b22-15-. The van der Waals surface area contributed by atoms with Crippen LogP contribution in [0.3, 0.4) is 0 Å². The normalized spacial score (nSPS) is 14.7. The monoisotopic (exact) mass is 481 g/mol. The van der Waals surface area contributed by atoms with Crippen molar-refractivity contribution in [2.75, 3.05) is 6.61 Å². The summed E-state index contributed by atoms with van der Waals surface area (Å²) in [6.45, 7) is 2.88. The molecule has 0 radical (unpaired) electrons. The van der Waals surface area contributed by atoms with Crippen LogP contribution in [0.15, 0.2) is 59.6 Å². The quantitative estimate of drug-likeness (QED) is 0.280. The number of carbonyl (C=O) groups excluding carboxylic acids is 2. The number of benzene rings is 2. The van der Waals surface area contributed by atoms with Crippen molar-refractivity contribution in [1.29, 1.82) is 0 Å². The Labute approximate surface area is 202 Å². The van der Waals surface area contributed by atoms with Crippen LogP contribution in [-0.2, 0) is 4.79 Å². The molecule has 1 fully saturated rings. The molecule has 2 amide bonds. The molecule has 0 aliphatic carbocycles. The van der Waals surface area contributed by atoms with Gasteiger partial charge in [0.15, 0.2) is 0 Å². The molecule has 3 aromatic rings. The zero-order valence-electron chi connectivity index (χ0n) is 18.2. The van der Waals surface area contributed by atoms with Gasteiger partial charge in [0.1, 0.15) is 5.75 Å². The van der Waals surface area contributed by atoms with E-state index >= 15 is 0 Å². The van der Waals surface area contributed by atoms with E-state index in [9.17, 15) is 9.59 Å². The maximum atomic E-state index is 12.1. The first-order valence-electron chi connectivity index (χ1n) is 10.9. The first-order valence-corrected chi connectivity index (χ1v) is 12.1. The van der Waals surface area contributed by atoms with Crippen molar-refractivity contribution in [3.05, 3.63) is 70.2 Å². The average Bonchev–Trinajstić information content (AvgIpc) is 3.37. The van der Waals surface area contributed by atoms with Gasteiger partial charge < -0.3 is 4.74 Å². The minimum absolute atomic E-state index is 0.337. The largest absolute Gasteiger partial charge is 0.494 e. The predicted molar refractivity (Wildman–Crippen MR) is 133 cm³/mol. The summed E-state index contributed by atoms with van der Waals surface area (Å²) in [6, 6.07) is 15.1. The molecule has 1 aliphatic heterocycles. The maximum absolute atomic E-state index is 12.1. The Hall–Kier alpha value is -3.03. The fourth-order valence-corrected chi connectivity index (χ4v) is 4.23. The van der Waals surface area contributed by atoms with Gasteiger partial charge in [-0.2, -0.15) is 5.10 Å². The summed E-state index contributed by atoms with van der Waals surface area (Å²) in [4.78, 5) is 24.0. The van der Waals surface area contributed by atoms with Gasteiger partial charge in [0.2, 0.25) is 0 Å². The molecule has 0 atom stereocenters. The summed E-state index contributed by atoms with van der Waals surface area (Å²) in [5, 5.41) is 7.30. The molecule has 33 heavy (non-hydrogen) atoms. The van der Waals surface area contributed by atoms with Crippen LogP contribution in [0.2, 0.25) is 5.02 Å². The third-order valence-corrected chi connectivity index (χ3v) is 6.22. The zero-order valence-corrected chi connectivity index (χ0v) is 19.8. The Kier molecular flexibility index (Phi) is 7.52. The van der Waals surface area contributed by atoms with Gasteiger partial charge >= 0.3 is 0 Å². The van der Waals surface area contributed by atoms with E-state index in [0.29, 0.717) is 22.2 Å². The van der Waals surface area contributed by atoms with Crippen molar-refractivity contribution in [2.45, 2.75) is 32.6 Å². The number of halogens is 1. The van der Waals surface area contributed by atoms with Crippen molar-refractivity contribution in [1.82, 2.24) is 15.1 Å². The van der Waals surface area contributed by atoms with Crippen LogP contribution >= 0.6 is 23.4 Å². The van der Waals surface area contributed by atoms with Gasteiger partial charge in [-0.25, -0.2) is 4.68 Å². The number of nitrogens with zero attached hydrogens (tertiary/aromatic N) is 2. The van der Waals surface area contributed by atoms with Crippen LogP contribution in [0.5, 0.6) is 5.75 Å². The lowest BCUT2D eigenvalue weighted by Crippen LogP contribution is -2.17. The average molecular weight is 482 g/mol. The molecule has 0 spiro atoms. The molecule has 4 rings (SSSR count). The van der Waals surface area contributed by atoms with E-state index in [-0.39, 0.29) is 5.24 Å². The number of hydrogen-bond acceptors (Lipinski definition) is 5. The van der Waals surface area contributed by atoms with E-state index in [1.165, 1.54) is 19.3 Å². The first-order chi connectivity index (χ1) is 16.0. The Morgan fingerprint density at radius 3 is 2.48 bits per heavy atom. The van der Waals surface area contributed by atoms with E-state index in [2.05, 4.69) is 12.2 Å². The zero-order chi connectivity index (χ0) is 23.2. The number of imide groups is 1. The second-order valence-corrected chi connectivity index (χ2v) is 9.09. The molecule has 1 saturated heterocycles. The Morgan fingerprint density at radius 2 is 1.82 bits per heavy atom. The van der Waals surface area contributed by atoms with Gasteiger partial charge in [0, 0.05) is 22.3 Å². The number of amides is 2. The number of thioether (sulfide) groups is 1. The Morgan fingerprint density at radius 1 is 1.06 bits per heavy atom. The Balaban J connectivity index is 1.62. The van der Waals surface area contributed by atoms with Gasteiger partial charge in [0.05, 0.1) is 22.9 Å². The molecule has 2 heterocycles. The summed E-state index contributed by atoms with van der Waals surface area (Å²) in [6.07, 6.45) is 8.15. The number of unbranched alkanes of at least 4 members (excludes halogenated alkanes) is 3. The second kappa shape index (κ2) is 10.7. The molecular weight excluding hydrogens is 458 g/mol. The summed E-state index contributed by atoms with van der Waals surface area (Å²) < 4.78 is 7.58. The minimum atomic E-state index is -0.401. The number of ether oxygens (including phenoxy) is 1.